The highest BCUT2D eigenvalue weighted by Gasteiger charge is 2.09. The molecule has 1 aromatic carbocycles. The first-order valence-electron chi connectivity index (χ1n) is 6.46. The third-order valence-electron chi connectivity index (χ3n) is 3.39. The van der Waals surface area contributed by atoms with Gasteiger partial charge in [0.15, 0.2) is 0 Å². The van der Waals surface area contributed by atoms with Crippen molar-refractivity contribution in [1.29, 1.82) is 0 Å². The van der Waals surface area contributed by atoms with E-state index < -0.39 is 5.91 Å². The van der Waals surface area contributed by atoms with E-state index >= 15 is 0 Å². The second-order valence-corrected chi connectivity index (χ2v) is 4.82. The average molecular weight is 279 g/mol. The molecule has 0 radical (unpaired) electrons. The summed E-state index contributed by atoms with van der Waals surface area (Å²) in [7, 11) is 0. The van der Waals surface area contributed by atoms with Crippen molar-refractivity contribution in [3.05, 3.63) is 64.1 Å². The fourth-order valence-corrected chi connectivity index (χ4v) is 2.28. The first-order valence-corrected chi connectivity index (χ1v) is 6.46. The molecule has 0 atom stereocenters. The lowest BCUT2D eigenvalue weighted by molar-refractivity contribution is 0.0995. The minimum absolute atomic E-state index is 0.0573. The van der Waals surface area contributed by atoms with Crippen LogP contribution in [-0.2, 0) is 0 Å². The fraction of sp³-hybridized carbons (Fsp3) is 0.0625. The summed E-state index contributed by atoms with van der Waals surface area (Å²) < 4.78 is 0. The number of pyridine rings is 2. The molecule has 0 saturated heterocycles. The number of aromatic nitrogens is 2. The van der Waals surface area contributed by atoms with E-state index in [0.29, 0.717) is 10.9 Å². The van der Waals surface area contributed by atoms with E-state index in [1.54, 1.807) is 12.1 Å². The largest absolute Gasteiger partial charge is 0.364 e. The number of primary amides is 1. The zero-order valence-electron chi connectivity index (χ0n) is 11.4. The van der Waals surface area contributed by atoms with Crippen molar-refractivity contribution in [1.82, 2.24) is 9.97 Å². The number of nitrogens with one attached hydrogen (secondary N) is 1. The summed E-state index contributed by atoms with van der Waals surface area (Å²) in [5.41, 5.74) is 8.17. The van der Waals surface area contributed by atoms with Crippen LogP contribution in [0.2, 0.25) is 0 Å². The number of benzene rings is 1. The van der Waals surface area contributed by atoms with Crippen molar-refractivity contribution in [3.8, 4) is 11.3 Å². The smallest absolute Gasteiger partial charge is 0.265 e. The number of aryl methyl sites for hydroxylation is 1. The summed E-state index contributed by atoms with van der Waals surface area (Å²) in [6.45, 7) is 1.99. The molecule has 21 heavy (non-hydrogen) atoms. The number of hydrogen-bond acceptors (Lipinski definition) is 3. The zero-order chi connectivity index (χ0) is 15.0. The summed E-state index contributed by atoms with van der Waals surface area (Å²) in [6.07, 6.45) is 0. The normalized spacial score (nSPS) is 10.7. The standard InChI is InChI=1S/C16H13N3O2/c1-9-4-2-3-5-10(9)12-7-6-11-13(18-12)8-14(15(17)20)19-16(11)21/h2-8H,1H3,(H2,17,20)(H,19,21). The number of aromatic amines is 1. The van der Waals surface area contributed by atoms with Crippen LogP contribution in [0.1, 0.15) is 16.1 Å². The van der Waals surface area contributed by atoms with E-state index in [1.807, 2.05) is 31.2 Å². The van der Waals surface area contributed by atoms with Gasteiger partial charge in [-0.15, -0.1) is 0 Å². The second kappa shape index (κ2) is 4.86. The molecule has 1 amide bonds. The minimum atomic E-state index is -0.683. The molecule has 0 aliphatic heterocycles. The Hall–Kier alpha value is -2.95. The van der Waals surface area contributed by atoms with Crippen LogP contribution in [0, 0.1) is 6.92 Å². The summed E-state index contributed by atoms with van der Waals surface area (Å²) in [5.74, 6) is -0.683. The van der Waals surface area contributed by atoms with E-state index in [-0.39, 0.29) is 11.3 Å². The maximum Gasteiger partial charge on any atom is 0.265 e. The number of carbonyl (C=O) groups excluding carboxylic acids is 1. The zero-order valence-corrected chi connectivity index (χ0v) is 11.4. The molecular formula is C16H13N3O2. The van der Waals surface area contributed by atoms with Crippen molar-refractivity contribution in [3.63, 3.8) is 0 Å². The van der Waals surface area contributed by atoms with Crippen LogP contribution >= 0.6 is 0 Å². The quantitative estimate of drug-likeness (QED) is 0.751. The molecule has 104 valence electrons. The third kappa shape index (κ3) is 2.29. The maximum absolute atomic E-state index is 11.9. The van der Waals surface area contributed by atoms with Crippen molar-refractivity contribution in [2.75, 3.05) is 0 Å². The molecule has 0 fully saturated rings. The monoisotopic (exact) mass is 279 g/mol. The average Bonchev–Trinajstić information content (AvgIpc) is 2.47. The number of fused-ring (bicyclic) bond motifs is 1. The Morgan fingerprint density at radius 3 is 2.67 bits per heavy atom. The summed E-state index contributed by atoms with van der Waals surface area (Å²) in [5, 5.41) is 0.428. The molecule has 2 heterocycles. The SMILES string of the molecule is Cc1ccccc1-c1ccc2c(=O)[nH]c(C(N)=O)cc2n1. The molecule has 3 N–H and O–H groups in total. The van der Waals surface area contributed by atoms with Crippen LogP contribution in [0.25, 0.3) is 22.2 Å². The van der Waals surface area contributed by atoms with Gasteiger partial charge in [-0.3, -0.25) is 9.59 Å². The van der Waals surface area contributed by atoms with Crippen LogP contribution in [0.15, 0.2) is 47.3 Å². The molecule has 5 nitrogen and oxygen atoms in total. The van der Waals surface area contributed by atoms with Crippen LogP contribution < -0.4 is 11.3 Å². The second-order valence-electron chi connectivity index (χ2n) is 4.82. The van der Waals surface area contributed by atoms with Crippen LogP contribution in [0.5, 0.6) is 0 Å². The predicted molar refractivity (Wildman–Crippen MR) is 81.1 cm³/mol. The van der Waals surface area contributed by atoms with Gasteiger partial charge in [-0.2, -0.15) is 0 Å². The molecule has 3 aromatic rings. The maximum atomic E-state index is 11.9. The topological polar surface area (TPSA) is 88.8 Å². The lowest BCUT2D eigenvalue weighted by atomic mass is 10.0. The first-order chi connectivity index (χ1) is 10.1. The van der Waals surface area contributed by atoms with Gasteiger partial charge in [0.05, 0.1) is 16.6 Å². The van der Waals surface area contributed by atoms with Gasteiger partial charge < -0.3 is 10.7 Å². The molecule has 0 unspecified atom stereocenters. The van der Waals surface area contributed by atoms with Crippen LogP contribution in [0.4, 0.5) is 0 Å². The highest BCUT2D eigenvalue weighted by atomic mass is 16.1. The van der Waals surface area contributed by atoms with Gasteiger partial charge in [0.1, 0.15) is 5.69 Å². The van der Waals surface area contributed by atoms with E-state index in [1.165, 1.54) is 6.07 Å². The highest BCUT2D eigenvalue weighted by molar-refractivity contribution is 5.94. The minimum Gasteiger partial charge on any atom is -0.364 e. The van der Waals surface area contributed by atoms with E-state index in [0.717, 1.165) is 16.8 Å². The van der Waals surface area contributed by atoms with E-state index in [9.17, 15) is 9.59 Å². The number of H-pyrrole nitrogens is 1. The molecular weight excluding hydrogens is 266 g/mol. The van der Waals surface area contributed by atoms with Crippen molar-refractivity contribution < 1.29 is 4.79 Å². The van der Waals surface area contributed by atoms with Crippen LogP contribution in [0.3, 0.4) is 0 Å². The lowest BCUT2D eigenvalue weighted by Gasteiger charge is -2.06. The molecule has 0 bridgehead atoms. The number of nitrogens with two attached hydrogens (primary N) is 1. The number of rotatable bonds is 2. The Morgan fingerprint density at radius 2 is 1.95 bits per heavy atom. The molecule has 0 spiro atoms. The van der Waals surface area contributed by atoms with Crippen LogP contribution in [-0.4, -0.2) is 15.9 Å². The molecule has 3 rings (SSSR count). The van der Waals surface area contributed by atoms with Gasteiger partial charge >= 0.3 is 0 Å². The Morgan fingerprint density at radius 1 is 1.19 bits per heavy atom. The Balaban J connectivity index is 2.27. The highest BCUT2D eigenvalue weighted by Crippen LogP contribution is 2.22. The molecule has 5 heteroatoms. The number of nitrogens with zero attached hydrogens (tertiary/aromatic N) is 1. The lowest BCUT2D eigenvalue weighted by Crippen LogP contribution is -2.19. The van der Waals surface area contributed by atoms with Gasteiger partial charge in [-0.1, -0.05) is 24.3 Å². The number of carbonyl (C=O) groups is 1. The van der Waals surface area contributed by atoms with Gasteiger partial charge in [0.25, 0.3) is 11.5 Å². The Labute approximate surface area is 120 Å². The summed E-state index contributed by atoms with van der Waals surface area (Å²) in [4.78, 5) is 30.1. The Kier molecular flexibility index (Phi) is 3.02. The molecule has 0 saturated carbocycles. The van der Waals surface area contributed by atoms with Crippen molar-refractivity contribution in [2.45, 2.75) is 6.92 Å². The summed E-state index contributed by atoms with van der Waals surface area (Å²) >= 11 is 0. The Bertz CT molecular complexity index is 913. The predicted octanol–water partition coefficient (Wildman–Crippen LogP) is 2.00. The van der Waals surface area contributed by atoms with Gasteiger partial charge in [0.2, 0.25) is 0 Å². The number of amides is 1. The van der Waals surface area contributed by atoms with E-state index in [4.69, 9.17) is 5.73 Å². The van der Waals surface area contributed by atoms with Crippen molar-refractivity contribution >= 4 is 16.8 Å². The molecule has 0 aliphatic rings. The molecule has 0 aliphatic carbocycles. The van der Waals surface area contributed by atoms with Crippen molar-refractivity contribution in [2.24, 2.45) is 5.73 Å². The van der Waals surface area contributed by atoms with Gasteiger partial charge in [-0.25, -0.2) is 4.98 Å². The fourth-order valence-electron chi connectivity index (χ4n) is 2.28. The molecule has 2 aromatic heterocycles. The number of hydrogen-bond donors (Lipinski definition) is 2. The van der Waals surface area contributed by atoms with E-state index in [2.05, 4.69) is 9.97 Å². The third-order valence-corrected chi connectivity index (χ3v) is 3.39. The first kappa shape index (κ1) is 13.1. The van der Waals surface area contributed by atoms with Gasteiger partial charge in [-0.05, 0) is 30.7 Å². The summed E-state index contributed by atoms with van der Waals surface area (Å²) in [6, 6.07) is 12.8. The van der Waals surface area contributed by atoms with Gasteiger partial charge in [0, 0.05) is 5.56 Å².